The molecule has 0 aliphatic heterocycles. The van der Waals surface area contributed by atoms with E-state index in [0.717, 1.165) is 11.3 Å². The van der Waals surface area contributed by atoms with Gasteiger partial charge in [0.25, 0.3) is 0 Å². The van der Waals surface area contributed by atoms with Crippen molar-refractivity contribution in [3.8, 4) is 11.5 Å². The molecule has 0 fully saturated rings. The molecule has 0 aliphatic rings. The minimum absolute atomic E-state index is 0.00886. The van der Waals surface area contributed by atoms with Crippen molar-refractivity contribution >= 4 is 11.6 Å². The predicted molar refractivity (Wildman–Crippen MR) is 82.6 cm³/mol. The van der Waals surface area contributed by atoms with Gasteiger partial charge in [0.1, 0.15) is 5.75 Å². The Morgan fingerprint density at radius 2 is 1.86 bits per heavy atom. The summed E-state index contributed by atoms with van der Waals surface area (Å²) in [7, 11) is 0. The first kappa shape index (κ1) is 15.1. The fraction of sp³-hybridized carbons (Fsp3) is 0.235. The van der Waals surface area contributed by atoms with Crippen LogP contribution in [-0.2, 0) is 4.79 Å². The van der Waals surface area contributed by atoms with Crippen molar-refractivity contribution in [2.75, 3.05) is 11.9 Å². The number of anilines is 1. The highest BCUT2D eigenvalue weighted by Crippen LogP contribution is 2.29. The van der Waals surface area contributed by atoms with Crippen LogP contribution in [0.2, 0.25) is 0 Å². The molecule has 2 rings (SSSR count). The van der Waals surface area contributed by atoms with Crippen LogP contribution in [0.15, 0.2) is 48.5 Å². The maximum absolute atomic E-state index is 11.7. The molecule has 0 bridgehead atoms. The van der Waals surface area contributed by atoms with Crippen LogP contribution in [0.3, 0.4) is 0 Å². The highest BCUT2D eigenvalue weighted by Gasteiger charge is 2.08. The van der Waals surface area contributed by atoms with Crippen LogP contribution < -0.4 is 10.1 Å². The predicted octanol–water partition coefficient (Wildman–Crippen LogP) is 3.50. The number of hydrogen-bond acceptors (Lipinski definition) is 3. The van der Waals surface area contributed by atoms with E-state index in [1.165, 1.54) is 0 Å². The highest BCUT2D eigenvalue weighted by atomic mass is 16.5. The number of benzene rings is 2. The van der Waals surface area contributed by atoms with Gasteiger partial charge >= 0.3 is 0 Å². The number of aliphatic hydroxyl groups excluding tert-OH is 1. The summed E-state index contributed by atoms with van der Waals surface area (Å²) in [4.78, 5) is 11.7. The third kappa shape index (κ3) is 4.61. The van der Waals surface area contributed by atoms with E-state index in [2.05, 4.69) is 5.32 Å². The Hall–Kier alpha value is -2.33. The molecule has 0 saturated heterocycles. The molecule has 0 spiro atoms. The van der Waals surface area contributed by atoms with Gasteiger partial charge in [0.15, 0.2) is 5.75 Å². The lowest BCUT2D eigenvalue weighted by molar-refractivity contribution is -0.116. The lowest BCUT2D eigenvalue weighted by atomic mass is 10.2. The Labute approximate surface area is 124 Å². The molecule has 4 nitrogen and oxygen atoms in total. The number of para-hydroxylation sites is 2. The summed E-state index contributed by atoms with van der Waals surface area (Å²) in [6.07, 6.45) is 0.738. The topological polar surface area (TPSA) is 58.6 Å². The Balaban J connectivity index is 2.09. The van der Waals surface area contributed by atoms with E-state index < -0.39 is 0 Å². The monoisotopic (exact) mass is 285 g/mol. The van der Waals surface area contributed by atoms with Crippen LogP contribution in [0.1, 0.15) is 18.4 Å². The molecule has 0 aliphatic carbocycles. The highest BCUT2D eigenvalue weighted by molar-refractivity contribution is 5.92. The largest absolute Gasteiger partial charge is 0.455 e. The maximum atomic E-state index is 11.7. The molecule has 2 aromatic rings. The minimum Gasteiger partial charge on any atom is -0.455 e. The molecule has 0 heterocycles. The van der Waals surface area contributed by atoms with E-state index in [4.69, 9.17) is 9.84 Å². The third-order valence-electron chi connectivity index (χ3n) is 2.97. The number of hydrogen-bond donors (Lipinski definition) is 2. The molecule has 2 aromatic carbocycles. The number of carbonyl (C=O) groups excluding carboxylic acids is 1. The van der Waals surface area contributed by atoms with Gasteiger partial charge < -0.3 is 15.2 Å². The van der Waals surface area contributed by atoms with Crippen LogP contribution in [0, 0.1) is 6.92 Å². The summed E-state index contributed by atoms with van der Waals surface area (Å²) in [6, 6.07) is 15.0. The van der Waals surface area contributed by atoms with Gasteiger partial charge in [-0.1, -0.05) is 29.8 Å². The van der Waals surface area contributed by atoms with Gasteiger partial charge in [0.05, 0.1) is 5.69 Å². The summed E-state index contributed by atoms with van der Waals surface area (Å²) in [5.41, 5.74) is 1.79. The van der Waals surface area contributed by atoms with Crippen LogP contribution in [0.25, 0.3) is 0 Å². The van der Waals surface area contributed by atoms with E-state index in [1.807, 2.05) is 49.4 Å². The Morgan fingerprint density at radius 3 is 2.57 bits per heavy atom. The van der Waals surface area contributed by atoms with E-state index in [-0.39, 0.29) is 18.9 Å². The van der Waals surface area contributed by atoms with Crippen LogP contribution in [-0.4, -0.2) is 17.6 Å². The lowest BCUT2D eigenvalue weighted by Gasteiger charge is -2.12. The average Bonchev–Trinajstić information content (AvgIpc) is 2.49. The zero-order valence-electron chi connectivity index (χ0n) is 12.0. The molecular formula is C17H19NO3. The number of carbonyl (C=O) groups is 1. The van der Waals surface area contributed by atoms with E-state index in [0.29, 0.717) is 17.9 Å². The molecule has 0 radical (unpaired) electrons. The number of nitrogens with one attached hydrogen (secondary N) is 1. The minimum atomic E-state index is -0.135. The summed E-state index contributed by atoms with van der Waals surface area (Å²) < 4.78 is 5.81. The first-order valence-corrected chi connectivity index (χ1v) is 6.93. The number of aliphatic hydroxyl groups is 1. The zero-order chi connectivity index (χ0) is 15.1. The first-order chi connectivity index (χ1) is 10.2. The van der Waals surface area contributed by atoms with Gasteiger partial charge in [-0.2, -0.15) is 0 Å². The Morgan fingerprint density at radius 1 is 1.14 bits per heavy atom. The Kier molecular flexibility index (Phi) is 5.35. The number of aryl methyl sites for hydroxylation is 1. The van der Waals surface area contributed by atoms with Gasteiger partial charge in [-0.3, -0.25) is 4.79 Å². The van der Waals surface area contributed by atoms with E-state index in [9.17, 15) is 4.79 Å². The molecule has 1 amide bonds. The van der Waals surface area contributed by atoms with Gasteiger partial charge in [0, 0.05) is 13.0 Å². The van der Waals surface area contributed by atoms with Gasteiger partial charge in [0.2, 0.25) is 5.91 Å². The quantitative estimate of drug-likeness (QED) is 0.854. The molecular weight excluding hydrogens is 266 g/mol. The van der Waals surface area contributed by atoms with Crippen molar-refractivity contribution in [2.24, 2.45) is 0 Å². The molecule has 0 unspecified atom stereocenters. The summed E-state index contributed by atoms with van der Waals surface area (Å²) in [5.74, 6) is 1.18. The fourth-order valence-electron chi connectivity index (χ4n) is 1.84. The summed E-state index contributed by atoms with van der Waals surface area (Å²) in [5, 5.41) is 11.6. The fourth-order valence-corrected chi connectivity index (χ4v) is 1.84. The van der Waals surface area contributed by atoms with E-state index >= 15 is 0 Å². The van der Waals surface area contributed by atoms with Gasteiger partial charge in [-0.25, -0.2) is 0 Å². The van der Waals surface area contributed by atoms with Gasteiger partial charge in [-0.05, 0) is 37.6 Å². The third-order valence-corrected chi connectivity index (χ3v) is 2.97. The van der Waals surface area contributed by atoms with Gasteiger partial charge in [-0.15, -0.1) is 0 Å². The van der Waals surface area contributed by atoms with Crippen molar-refractivity contribution in [1.82, 2.24) is 0 Å². The second kappa shape index (κ2) is 7.45. The Bertz CT molecular complexity index is 593. The normalized spacial score (nSPS) is 10.2. The molecule has 2 N–H and O–H groups in total. The number of amides is 1. The summed E-state index contributed by atoms with van der Waals surface area (Å²) in [6.45, 7) is 2.02. The van der Waals surface area contributed by atoms with Crippen molar-refractivity contribution in [1.29, 1.82) is 0 Å². The zero-order valence-corrected chi connectivity index (χ0v) is 12.0. The summed E-state index contributed by atoms with van der Waals surface area (Å²) >= 11 is 0. The molecule has 110 valence electrons. The first-order valence-electron chi connectivity index (χ1n) is 6.93. The molecule has 4 heteroatoms. The van der Waals surface area contributed by atoms with Crippen molar-refractivity contribution in [3.05, 3.63) is 54.1 Å². The number of ether oxygens (including phenoxy) is 1. The van der Waals surface area contributed by atoms with Crippen molar-refractivity contribution in [2.45, 2.75) is 19.8 Å². The second-order valence-corrected chi connectivity index (χ2v) is 4.79. The smallest absolute Gasteiger partial charge is 0.224 e. The van der Waals surface area contributed by atoms with Crippen LogP contribution in [0.5, 0.6) is 11.5 Å². The molecule has 0 saturated carbocycles. The average molecular weight is 285 g/mol. The van der Waals surface area contributed by atoms with E-state index in [1.54, 1.807) is 6.07 Å². The maximum Gasteiger partial charge on any atom is 0.224 e. The van der Waals surface area contributed by atoms with Crippen LogP contribution in [0.4, 0.5) is 5.69 Å². The standard InChI is InChI=1S/C17H19NO3/c1-13-8-10-14(11-9-13)21-16-6-3-2-5-15(16)18-17(20)7-4-12-19/h2-3,5-6,8-11,19H,4,7,12H2,1H3,(H,18,20). The SMILES string of the molecule is Cc1ccc(Oc2ccccc2NC(=O)CCCO)cc1. The van der Waals surface area contributed by atoms with Crippen molar-refractivity contribution in [3.63, 3.8) is 0 Å². The molecule has 0 aromatic heterocycles. The number of rotatable bonds is 6. The second-order valence-electron chi connectivity index (χ2n) is 4.79. The van der Waals surface area contributed by atoms with Crippen molar-refractivity contribution < 1.29 is 14.6 Å². The molecule has 0 atom stereocenters. The van der Waals surface area contributed by atoms with Crippen LogP contribution >= 0.6 is 0 Å². The molecule has 21 heavy (non-hydrogen) atoms. The lowest BCUT2D eigenvalue weighted by Crippen LogP contribution is -2.12.